The van der Waals surface area contributed by atoms with Gasteiger partial charge in [0.2, 0.25) is 5.91 Å². The molecule has 3 rings (SSSR count). The van der Waals surface area contributed by atoms with Crippen LogP contribution in [0.1, 0.15) is 24.8 Å². The molecule has 28 heavy (non-hydrogen) atoms. The summed E-state index contributed by atoms with van der Waals surface area (Å²) in [5.74, 6) is 0.300. The van der Waals surface area contributed by atoms with Gasteiger partial charge in [-0.1, -0.05) is 29.4 Å². The lowest BCUT2D eigenvalue weighted by molar-refractivity contribution is -0.118. The number of halogens is 1. The minimum Gasteiger partial charge on any atom is -0.379 e. The molecule has 1 atom stereocenters. The molecule has 2 heterocycles. The topological polar surface area (TPSA) is 65.4 Å². The largest absolute Gasteiger partial charge is 0.379 e. The molecule has 1 unspecified atom stereocenters. The maximum atomic E-state index is 12.1. The fraction of sp³-hybridized carbons (Fsp3) is 0.500. The average molecular weight is 424 g/mol. The van der Waals surface area contributed by atoms with Gasteiger partial charge in [-0.15, -0.1) is 0 Å². The number of benzene rings is 1. The molecule has 8 heteroatoms. The third-order valence-corrected chi connectivity index (χ3v) is 5.93. The molecule has 1 saturated heterocycles. The highest BCUT2D eigenvalue weighted by Gasteiger charge is 2.15. The van der Waals surface area contributed by atoms with Crippen molar-refractivity contribution in [2.45, 2.75) is 37.4 Å². The molecule has 0 aliphatic carbocycles. The lowest BCUT2D eigenvalue weighted by atomic mass is 10.2. The second-order valence-corrected chi connectivity index (χ2v) is 8.02. The van der Waals surface area contributed by atoms with Crippen molar-refractivity contribution < 1.29 is 14.3 Å². The van der Waals surface area contributed by atoms with Gasteiger partial charge < -0.3 is 14.8 Å². The zero-order valence-corrected chi connectivity index (χ0v) is 17.6. The SMILES string of the molecule is Cc1c(Cl)cccc1-n1ccnc1SCC(=O)NCCCOCC1CCCO1. The minimum absolute atomic E-state index is 0.0125. The molecular formula is C20H26ClN3O3S. The first-order chi connectivity index (χ1) is 13.6. The van der Waals surface area contributed by atoms with Crippen LogP contribution in [-0.2, 0) is 14.3 Å². The summed E-state index contributed by atoms with van der Waals surface area (Å²) < 4.78 is 13.1. The Morgan fingerprint density at radius 2 is 2.39 bits per heavy atom. The van der Waals surface area contributed by atoms with E-state index < -0.39 is 0 Å². The number of nitrogens with one attached hydrogen (secondary N) is 1. The smallest absolute Gasteiger partial charge is 0.230 e. The van der Waals surface area contributed by atoms with Crippen molar-refractivity contribution in [3.8, 4) is 5.69 Å². The number of carbonyl (C=O) groups is 1. The van der Waals surface area contributed by atoms with Gasteiger partial charge in [0.1, 0.15) is 0 Å². The summed E-state index contributed by atoms with van der Waals surface area (Å²) in [6, 6.07) is 5.76. The van der Waals surface area contributed by atoms with Crippen LogP contribution >= 0.6 is 23.4 Å². The Bertz CT molecular complexity index is 778. The molecule has 0 saturated carbocycles. The second kappa shape index (κ2) is 10.9. The Labute approximate surface area is 175 Å². The van der Waals surface area contributed by atoms with E-state index in [4.69, 9.17) is 21.1 Å². The molecule has 0 bridgehead atoms. The summed E-state index contributed by atoms with van der Waals surface area (Å²) in [5.41, 5.74) is 1.95. The number of ether oxygens (including phenoxy) is 2. The number of rotatable bonds is 10. The van der Waals surface area contributed by atoms with E-state index in [1.165, 1.54) is 11.8 Å². The van der Waals surface area contributed by atoms with Gasteiger partial charge in [0.15, 0.2) is 5.16 Å². The van der Waals surface area contributed by atoms with Gasteiger partial charge in [0, 0.05) is 37.2 Å². The van der Waals surface area contributed by atoms with Crippen LogP contribution in [0.2, 0.25) is 5.02 Å². The van der Waals surface area contributed by atoms with E-state index in [1.807, 2.05) is 35.9 Å². The normalized spacial score (nSPS) is 16.4. The molecule has 2 aromatic rings. The molecule has 1 N–H and O–H groups in total. The van der Waals surface area contributed by atoms with E-state index in [1.54, 1.807) is 6.20 Å². The van der Waals surface area contributed by atoms with Gasteiger partial charge >= 0.3 is 0 Å². The van der Waals surface area contributed by atoms with Crippen LogP contribution in [-0.4, -0.2) is 53.7 Å². The van der Waals surface area contributed by atoms with Crippen LogP contribution < -0.4 is 5.32 Å². The number of amides is 1. The molecule has 6 nitrogen and oxygen atoms in total. The summed E-state index contributed by atoms with van der Waals surface area (Å²) in [7, 11) is 0. The second-order valence-electron chi connectivity index (χ2n) is 6.67. The van der Waals surface area contributed by atoms with Crippen LogP contribution in [0.3, 0.4) is 0 Å². The van der Waals surface area contributed by atoms with E-state index in [0.29, 0.717) is 30.5 Å². The Kier molecular flexibility index (Phi) is 8.21. The summed E-state index contributed by atoms with van der Waals surface area (Å²) >= 11 is 7.62. The van der Waals surface area contributed by atoms with E-state index >= 15 is 0 Å². The van der Waals surface area contributed by atoms with Crippen molar-refractivity contribution in [2.75, 3.05) is 32.1 Å². The van der Waals surface area contributed by atoms with E-state index in [0.717, 1.165) is 42.3 Å². The first kappa shape index (κ1) is 21.2. The van der Waals surface area contributed by atoms with Gasteiger partial charge in [-0.25, -0.2) is 4.98 Å². The summed E-state index contributed by atoms with van der Waals surface area (Å²) in [5, 5.41) is 4.40. The van der Waals surface area contributed by atoms with Crippen molar-refractivity contribution >= 4 is 29.3 Å². The summed E-state index contributed by atoms with van der Waals surface area (Å²) in [6.07, 6.45) is 6.85. The maximum absolute atomic E-state index is 12.1. The molecular weight excluding hydrogens is 398 g/mol. The van der Waals surface area contributed by atoms with Gasteiger partial charge in [-0.3, -0.25) is 9.36 Å². The lowest BCUT2D eigenvalue weighted by Crippen LogP contribution is -2.27. The summed E-state index contributed by atoms with van der Waals surface area (Å²) in [6.45, 7) is 4.70. The molecule has 1 aliphatic heterocycles. The lowest BCUT2D eigenvalue weighted by Gasteiger charge is -2.12. The minimum atomic E-state index is -0.0125. The Morgan fingerprint density at radius 1 is 1.50 bits per heavy atom. The van der Waals surface area contributed by atoms with Crippen LogP contribution in [0.15, 0.2) is 35.7 Å². The third kappa shape index (κ3) is 5.98. The highest BCUT2D eigenvalue weighted by Crippen LogP contribution is 2.26. The molecule has 1 aromatic heterocycles. The van der Waals surface area contributed by atoms with Crippen LogP contribution in [0, 0.1) is 6.92 Å². The number of aromatic nitrogens is 2. The van der Waals surface area contributed by atoms with E-state index in [2.05, 4.69) is 10.3 Å². The summed E-state index contributed by atoms with van der Waals surface area (Å²) in [4.78, 5) is 16.5. The van der Waals surface area contributed by atoms with Crippen LogP contribution in [0.4, 0.5) is 0 Å². The molecule has 0 radical (unpaired) electrons. The van der Waals surface area contributed by atoms with Crippen molar-refractivity contribution in [2.24, 2.45) is 0 Å². The number of hydrogen-bond donors (Lipinski definition) is 1. The fourth-order valence-electron chi connectivity index (χ4n) is 3.01. The van der Waals surface area contributed by atoms with Crippen LogP contribution in [0.25, 0.3) is 5.69 Å². The van der Waals surface area contributed by atoms with Crippen molar-refractivity contribution in [3.05, 3.63) is 41.2 Å². The Morgan fingerprint density at radius 3 is 3.21 bits per heavy atom. The van der Waals surface area contributed by atoms with Gasteiger partial charge in [-0.05, 0) is 43.9 Å². The van der Waals surface area contributed by atoms with Crippen molar-refractivity contribution in [1.29, 1.82) is 0 Å². The fourth-order valence-corrected chi connectivity index (χ4v) is 3.98. The number of imidazole rings is 1. The predicted octanol–water partition coefficient (Wildman–Crippen LogP) is 3.63. The number of hydrogen-bond acceptors (Lipinski definition) is 5. The number of carbonyl (C=O) groups excluding carboxylic acids is 1. The number of thioether (sulfide) groups is 1. The van der Waals surface area contributed by atoms with E-state index in [-0.39, 0.29) is 12.0 Å². The van der Waals surface area contributed by atoms with Gasteiger partial charge in [-0.2, -0.15) is 0 Å². The molecule has 1 amide bonds. The molecule has 1 aliphatic rings. The van der Waals surface area contributed by atoms with Crippen LogP contribution in [0.5, 0.6) is 0 Å². The van der Waals surface area contributed by atoms with Gasteiger partial charge in [0.05, 0.1) is 24.2 Å². The third-order valence-electron chi connectivity index (χ3n) is 4.55. The first-order valence-electron chi connectivity index (χ1n) is 9.53. The maximum Gasteiger partial charge on any atom is 0.230 e. The molecule has 152 valence electrons. The number of nitrogens with zero attached hydrogens (tertiary/aromatic N) is 2. The standard InChI is InChI=1S/C20H26ClN3O3S/c1-15-17(21)6-2-7-18(15)24-10-9-23-20(24)28-14-19(25)22-8-4-11-26-13-16-5-3-12-27-16/h2,6-7,9-10,16H,3-5,8,11-14H2,1H3,(H,22,25). The average Bonchev–Trinajstić information content (AvgIpc) is 3.37. The highest BCUT2D eigenvalue weighted by atomic mass is 35.5. The first-order valence-corrected chi connectivity index (χ1v) is 10.9. The monoisotopic (exact) mass is 423 g/mol. The zero-order chi connectivity index (χ0) is 19.8. The highest BCUT2D eigenvalue weighted by molar-refractivity contribution is 7.99. The predicted molar refractivity (Wildman–Crippen MR) is 111 cm³/mol. The molecule has 0 spiro atoms. The Balaban J connectivity index is 1.37. The van der Waals surface area contributed by atoms with Gasteiger partial charge in [0.25, 0.3) is 0 Å². The molecule has 1 aromatic carbocycles. The van der Waals surface area contributed by atoms with Crippen molar-refractivity contribution in [3.63, 3.8) is 0 Å². The molecule has 1 fully saturated rings. The van der Waals surface area contributed by atoms with Crippen molar-refractivity contribution in [1.82, 2.24) is 14.9 Å². The Hall–Kier alpha value is -1.54. The quantitative estimate of drug-likeness (QED) is 0.467. The zero-order valence-electron chi connectivity index (χ0n) is 16.0. The van der Waals surface area contributed by atoms with E-state index in [9.17, 15) is 4.79 Å².